The highest BCUT2D eigenvalue weighted by Crippen LogP contribution is 2.19. The molecule has 0 aliphatic carbocycles. The zero-order valence-electron chi connectivity index (χ0n) is 16.7. The molecule has 140 valence electrons. The number of hydrogen-bond donors (Lipinski definition) is 1. The van der Waals surface area contributed by atoms with Crippen molar-refractivity contribution in [3.05, 3.63) is 87.7 Å². The van der Waals surface area contributed by atoms with Gasteiger partial charge in [0, 0.05) is 11.3 Å². The van der Waals surface area contributed by atoms with Crippen LogP contribution < -0.4 is 5.32 Å². The summed E-state index contributed by atoms with van der Waals surface area (Å²) >= 11 is 0. The van der Waals surface area contributed by atoms with Crippen LogP contribution in [0.3, 0.4) is 0 Å². The van der Waals surface area contributed by atoms with Gasteiger partial charge < -0.3 is 5.32 Å². The first kappa shape index (κ1) is 18.9. The molecule has 0 bridgehead atoms. The number of nitrogens with one attached hydrogen (secondary N) is 1. The van der Waals surface area contributed by atoms with Gasteiger partial charge in [0.05, 0.1) is 18.3 Å². The fourth-order valence-electron chi connectivity index (χ4n) is 3.35. The summed E-state index contributed by atoms with van der Waals surface area (Å²) in [5, 5.41) is 7.59. The molecule has 0 spiro atoms. The molecule has 1 atom stereocenters. The summed E-state index contributed by atoms with van der Waals surface area (Å²) < 4.78 is 1.98. The third-order valence-corrected chi connectivity index (χ3v) is 4.90. The molecule has 1 N–H and O–H groups in total. The molecule has 0 saturated carbocycles. The van der Waals surface area contributed by atoms with Crippen molar-refractivity contribution < 1.29 is 4.79 Å². The summed E-state index contributed by atoms with van der Waals surface area (Å²) in [5.41, 5.74) is 7.49. The van der Waals surface area contributed by atoms with E-state index in [4.69, 9.17) is 0 Å². The van der Waals surface area contributed by atoms with E-state index in [-0.39, 0.29) is 11.9 Å². The van der Waals surface area contributed by atoms with E-state index >= 15 is 0 Å². The first-order valence-corrected chi connectivity index (χ1v) is 9.31. The van der Waals surface area contributed by atoms with Crippen molar-refractivity contribution in [1.82, 2.24) is 15.1 Å². The summed E-state index contributed by atoms with van der Waals surface area (Å²) in [6.07, 6.45) is 0. The number of carbonyl (C=O) groups is 1. The van der Waals surface area contributed by atoms with Crippen LogP contribution in [0.25, 0.3) is 0 Å². The second kappa shape index (κ2) is 7.78. The standard InChI is InChI=1S/C23H27N3O/c1-15-6-7-16(2)22(12-15)19(5)24-23(27)21-10-8-20(9-11-21)14-26-18(4)13-17(3)25-26/h6-13,19H,14H2,1-5H3,(H,24,27). The molecule has 0 saturated heterocycles. The minimum absolute atomic E-state index is 0.0354. The minimum Gasteiger partial charge on any atom is -0.346 e. The summed E-state index contributed by atoms with van der Waals surface area (Å²) in [4.78, 5) is 12.6. The topological polar surface area (TPSA) is 46.9 Å². The lowest BCUT2D eigenvalue weighted by Crippen LogP contribution is -2.27. The number of rotatable bonds is 5. The zero-order chi connectivity index (χ0) is 19.6. The molecule has 0 aliphatic rings. The minimum atomic E-state index is -0.0546. The van der Waals surface area contributed by atoms with Crippen molar-refractivity contribution in [2.45, 2.75) is 47.2 Å². The molecule has 1 heterocycles. The first-order valence-electron chi connectivity index (χ1n) is 9.31. The van der Waals surface area contributed by atoms with Crippen molar-refractivity contribution in [1.29, 1.82) is 0 Å². The van der Waals surface area contributed by atoms with Crippen LogP contribution in [0, 0.1) is 27.7 Å². The van der Waals surface area contributed by atoms with Crippen molar-refractivity contribution in [2.75, 3.05) is 0 Å². The number of nitrogens with zero attached hydrogens (tertiary/aromatic N) is 2. The Kier molecular flexibility index (Phi) is 5.45. The number of aromatic nitrogens is 2. The van der Waals surface area contributed by atoms with Gasteiger partial charge in [0.25, 0.3) is 5.91 Å². The molecule has 0 radical (unpaired) electrons. The Bertz CT molecular complexity index is 954. The van der Waals surface area contributed by atoms with Crippen LogP contribution in [0.4, 0.5) is 0 Å². The smallest absolute Gasteiger partial charge is 0.251 e. The Morgan fingerprint density at radius 3 is 2.37 bits per heavy atom. The van der Waals surface area contributed by atoms with Crippen LogP contribution in [0.2, 0.25) is 0 Å². The molecule has 1 unspecified atom stereocenters. The van der Waals surface area contributed by atoms with Gasteiger partial charge in [-0.3, -0.25) is 9.48 Å². The number of amides is 1. The number of carbonyl (C=O) groups excluding carboxylic acids is 1. The average molecular weight is 361 g/mol. The fraction of sp³-hybridized carbons (Fsp3) is 0.304. The maximum absolute atomic E-state index is 12.6. The Morgan fingerprint density at radius 1 is 1.04 bits per heavy atom. The SMILES string of the molecule is Cc1ccc(C)c(C(C)NC(=O)c2ccc(Cn3nc(C)cc3C)cc2)c1. The van der Waals surface area contributed by atoms with Crippen LogP contribution in [0.5, 0.6) is 0 Å². The van der Waals surface area contributed by atoms with Crippen molar-refractivity contribution >= 4 is 5.91 Å². The number of hydrogen-bond acceptors (Lipinski definition) is 2. The lowest BCUT2D eigenvalue weighted by atomic mass is 9.99. The number of aryl methyl sites for hydroxylation is 4. The van der Waals surface area contributed by atoms with E-state index in [1.807, 2.05) is 42.8 Å². The average Bonchev–Trinajstić information content (AvgIpc) is 2.94. The first-order chi connectivity index (χ1) is 12.8. The maximum atomic E-state index is 12.6. The van der Waals surface area contributed by atoms with Gasteiger partial charge in [0.15, 0.2) is 0 Å². The molecule has 1 aromatic heterocycles. The van der Waals surface area contributed by atoms with E-state index in [1.165, 1.54) is 11.1 Å². The molecular weight excluding hydrogens is 334 g/mol. The van der Waals surface area contributed by atoms with Crippen LogP contribution in [0.15, 0.2) is 48.5 Å². The molecule has 3 rings (SSSR count). The predicted octanol–water partition coefficient (Wildman–Crippen LogP) is 4.66. The lowest BCUT2D eigenvalue weighted by molar-refractivity contribution is 0.0940. The van der Waals surface area contributed by atoms with Crippen LogP contribution in [-0.2, 0) is 6.54 Å². The van der Waals surface area contributed by atoms with Gasteiger partial charge in [0.1, 0.15) is 0 Å². The molecular formula is C23H27N3O. The highest BCUT2D eigenvalue weighted by molar-refractivity contribution is 5.94. The molecule has 4 nitrogen and oxygen atoms in total. The Hall–Kier alpha value is -2.88. The van der Waals surface area contributed by atoms with Gasteiger partial charge in [-0.15, -0.1) is 0 Å². The van der Waals surface area contributed by atoms with Crippen LogP contribution in [0.1, 0.15) is 57.0 Å². The molecule has 0 aliphatic heterocycles. The second-order valence-corrected chi connectivity index (χ2v) is 7.34. The summed E-state index contributed by atoms with van der Waals surface area (Å²) in [5.74, 6) is -0.0546. The monoisotopic (exact) mass is 361 g/mol. The Morgan fingerprint density at radius 2 is 1.74 bits per heavy atom. The van der Waals surface area contributed by atoms with E-state index in [9.17, 15) is 4.79 Å². The van der Waals surface area contributed by atoms with E-state index in [2.05, 4.69) is 55.5 Å². The van der Waals surface area contributed by atoms with Gasteiger partial charge in [-0.1, -0.05) is 35.9 Å². The Balaban J connectivity index is 1.68. The third-order valence-electron chi connectivity index (χ3n) is 4.90. The van der Waals surface area contributed by atoms with Gasteiger partial charge in [-0.05, 0) is 69.5 Å². The molecule has 4 heteroatoms. The predicted molar refractivity (Wildman–Crippen MR) is 109 cm³/mol. The third kappa shape index (κ3) is 4.45. The van der Waals surface area contributed by atoms with Crippen molar-refractivity contribution in [2.24, 2.45) is 0 Å². The summed E-state index contributed by atoms with van der Waals surface area (Å²) in [6, 6.07) is 16.1. The maximum Gasteiger partial charge on any atom is 0.251 e. The molecule has 2 aromatic carbocycles. The number of benzene rings is 2. The lowest BCUT2D eigenvalue weighted by Gasteiger charge is -2.17. The fourth-order valence-corrected chi connectivity index (χ4v) is 3.35. The molecule has 3 aromatic rings. The second-order valence-electron chi connectivity index (χ2n) is 7.34. The van der Waals surface area contributed by atoms with Crippen LogP contribution >= 0.6 is 0 Å². The molecule has 1 amide bonds. The summed E-state index contributed by atoms with van der Waals surface area (Å²) in [6.45, 7) is 10.9. The normalized spacial score (nSPS) is 12.0. The molecule has 27 heavy (non-hydrogen) atoms. The van der Waals surface area contributed by atoms with Gasteiger partial charge in [0.2, 0.25) is 0 Å². The van der Waals surface area contributed by atoms with Gasteiger partial charge in [-0.2, -0.15) is 5.10 Å². The summed E-state index contributed by atoms with van der Waals surface area (Å²) in [7, 11) is 0. The van der Waals surface area contributed by atoms with Crippen LogP contribution in [-0.4, -0.2) is 15.7 Å². The van der Waals surface area contributed by atoms with E-state index in [1.54, 1.807) is 0 Å². The van der Waals surface area contributed by atoms with Crippen molar-refractivity contribution in [3.63, 3.8) is 0 Å². The van der Waals surface area contributed by atoms with Gasteiger partial charge >= 0.3 is 0 Å². The van der Waals surface area contributed by atoms with E-state index in [0.717, 1.165) is 22.5 Å². The molecule has 0 fully saturated rings. The largest absolute Gasteiger partial charge is 0.346 e. The van der Waals surface area contributed by atoms with E-state index in [0.29, 0.717) is 12.1 Å². The quantitative estimate of drug-likeness (QED) is 0.719. The highest BCUT2D eigenvalue weighted by atomic mass is 16.1. The Labute approximate surface area is 161 Å². The van der Waals surface area contributed by atoms with Crippen molar-refractivity contribution in [3.8, 4) is 0 Å². The highest BCUT2D eigenvalue weighted by Gasteiger charge is 2.13. The van der Waals surface area contributed by atoms with E-state index < -0.39 is 0 Å². The zero-order valence-corrected chi connectivity index (χ0v) is 16.7. The van der Waals surface area contributed by atoms with Gasteiger partial charge in [-0.25, -0.2) is 0 Å².